The third kappa shape index (κ3) is 2.33. The van der Waals surface area contributed by atoms with Crippen molar-refractivity contribution < 1.29 is 9.84 Å². The Labute approximate surface area is 140 Å². The summed E-state index contributed by atoms with van der Waals surface area (Å²) in [6.45, 7) is 4.14. The Bertz CT molecular complexity index is 799. The Morgan fingerprint density at radius 3 is 2.96 bits per heavy atom. The largest absolute Gasteiger partial charge is 0.394 e. The Kier molecular flexibility index (Phi) is 3.65. The fourth-order valence-electron chi connectivity index (χ4n) is 3.38. The average Bonchev–Trinajstić information content (AvgIpc) is 3.17. The summed E-state index contributed by atoms with van der Waals surface area (Å²) in [5.41, 5.74) is 5.11. The van der Waals surface area contributed by atoms with Crippen LogP contribution in [0.2, 0.25) is 0 Å². The second kappa shape index (κ2) is 5.71. The van der Waals surface area contributed by atoms with Gasteiger partial charge in [-0.25, -0.2) is 9.97 Å². The fraction of sp³-hybridized carbons (Fsp3) is 0.562. The van der Waals surface area contributed by atoms with E-state index in [1.54, 1.807) is 6.33 Å². The number of aromatic nitrogens is 3. The van der Waals surface area contributed by atoms with Crippen molar-refractivity contribution in [3.63, 3.8) is 0 Å². The van der Waals surface area contributed by atoms with Gasteiger partial charge in [0.1, 0.15) is 24.0 Å². The predicted molar refractivity (Wildman–Crippen MR) is 91.0 cm³/mol. The molecule has 0 aliphatic carbocycles. The number of hydrazine groups is 1. The predicted octanol–water partition coefficient (Wildman–Crippen LogP) is 1.21. The van der Waals surface area contributed by atoms with E-state index in [4.69, 9.17) is 9.73 Å². The Balaban J connectivity index is 1.87. The number of nitrogens with zero attached hydrogens (tertiary/aromatic N) is 5. The Hall–Kier alpha value is -2.19. The van der Waals surface area contributed by atoms with E-state index in [0.29, 0.717) is 0 Å². The highest BCUT2D eigenvalue weighted by Crippen LogP contribution is 2.36. The second-order valence-corrected chi connectivity index (χ2v) is 6.56. The molecule has 0 radical (unpaired) electrons. The first kappa shape index (κ1) is 15.3. The lowest BCUT2D eigenvalue weighted by atomic mass is 10.2. The third-order valence-electron chi connectivity index (χ3n) is 4.42. The van der Waals surface area contributed by atoms with Crippen LogP contribution >= 0.6 is 0 Å². The summed E-state index contributed by atoms with van der Waals surface area (Å²) in [4.78, 5) is 13.6. The molecule has 2 N–H and O–H groups in total. The van der Waals surface area contributed by atoms with Crippen LogP contribution in [0.25, 0.3) is 11.0 Å². The van der Waals surface area contributed by atoms with Crippen molar-refractivity contribution in [3.05, 3.63) is 18.1 Å². The highest BCUT2D eigenvalue weighted by Gasteiger charge is 2.32. The molecule has 0 amide bonds. The summed E-state index contributed by atoms with van der Waals surface area (Å²) < 4.78 is 7.99. The molecule has 2 atom stereocenters. The van der Waals surface area contributed by atoms with E-state index < -0.39 is 0 Å². The van der Waals surface area contributed by atoms with Gasteiger partial charge in [-0.1, -0.05) is 0 Å². The van der Waals surface area contributed by atoms with Gasteiger partial charge in [0.2, 0.25) is 0 Å². The van der Waals surface area contributed by atoms with Crippen LogP contribution in [0.1, 0.15) is 38.5 Å². The Morgan fingerprint density at radius 2 is 2.25 bits per heavy atom. The van der Waals surface area contributed by atoms with Crippen LogP contribution in [-0.4, -0.2) is 51.3 Å². The quantitative estimate of drug-likeness (QED) is 0.879. The van der Waals surface area contributed by atoms with Crippen molar-refractivity contribution in [2.45, 2.75) is 45.1 Å². The molecule has 8 nitrogen and oxygen atoms in total. The van der Waals surface area contributed by atoms with Gasteiger partial charge in [0.15, 0.2) is 5.82 Å². The number of aliphatic hydroxyl groups excluding tert-OH is 1. The van der Waals surface area contributed by atoms with Crippen molar-refractivity contribution >= 4 is 22.7 Å². The highest BCUT2D eigenvalue weighted by molar-refractivity contribution is 6.15. The molecule has 24 heavy (non-hydrogen) atoms. The van der Waals surface area contributed by atoms with Crippen LogP contribution in [0.3, 0.4) is 0 Å². The average molecular weight is 330 g/mol. The van der Waals surface area contributed by atoms with E-state index in [0.717, 1.165) is 41.1 Å². The molecule has 0 spiro atoms. The number of hydrogen-bond donors (Lipinski definition) is 2. The minimum atomic E-state index is -0.121. The number of nitrogens with one attached hydrogen (secondary N) is 1. The zero-order valence-electron chi connectivity index (χ0n) is 14.1. The lowest BCUT2D eigenvalue weighted by Gasteiger charge is -2.26. The molecule has 1 saturated heterocycles. The maximum atomic E-state index is 9.33. The van der Waals surface area contributed by atoms with Crippen molar-refractivity contribution in [2.75, 3.05) is 18.7 Å². The van der Waals surface area contributed by atoms with E-state index in [-0.39, 0.29) is 25.0 Å². The number of aliphatic hydroxyl groups is 1. The van der Waals surface area contributed by atoms with Crippen molar-refractivity contribution in [1.82, 2.24) is 20.0 Å². The summed E-state index contributed by atoms with van der Waals surface area (Å²) in [7, 11) is 1.92. The fourth-order valence-corrected chi connectivity index (χ4v) is 3.38. The zero-order valence-corrected chi connectivity index (χ0v) is 14.1. The summed E-state index contributed by atoms with van der Waals surface area (Å²) in [5, 5.41) is 12.2. The maximum absolute atomic E-state index is 9.33. The molecule has 2 aliphatic rings. The molecule has 0 saturated carbocycles. The Morgan fingerprint density at radius 1 is 1.42 bits per heavy atom. The molecule has 0 bridgehead atoms. The molecule has 128 valence electrons. The highest BCUT2D eigenvalue weighted by atomic mass is 16.5. The van der Waals surface area contributed by atoms with Gasteiger partial charge in [-0.15, -0.1) is 0 Å². The summed E-state index contributed by atoms with van der Waals surface area (Å²) in [6, 6.07) is 0.173. The number of anilines is 1. The first-order chi connectivity index (χ1) is 11.6. The first-order valence-electron chi connectivity index (χ1n) is 8.29. The molecule has 4 rings (SSSR count). The van der Waals surface area contributed by atoms with Gasteiger partial charge in [0.25, 0.3) is 0 Å². The van der Waals surface area contributed by atoms with Crippen molar-refractivity contribution in [3.8, 4) is 0 Å². The van der Waals surface area contributed by atoms with Gasteiger partial charge in [0, 0.05) is 24.8 Å². The summed E-state index contributed by atoms with van der Waals surface area (Å²) in [5.74, 6) is 1.64. The topological polar surface area (TPSA) is 87.8 Å². The standard InChI is InChI=1S/C16H22N6O2/c1-9(2)19-14-11-6-22(12-5-4-10(7-23)24-12)16-13(11)15(17-8-18-16)21(3)20-14/h6,8-10,12,23H,4-5,7H2,1-3H3,(H,19,20). The minimum absolute atomic E-state index is 0.0488. The van der Waals surface area contributed by atoms with Gasteiger partial charge in [-0.2, -0.15) is 0 Å². The lowest BCUT2D eigenvalue weighted by Crippen LogP contribution is -2.43. The van der Waals surface area contributed by atoms with Crippen LogP contribution < -0.4 is 10.4 Å². The number of hydrogen-bond acceptors (Lipinski definition) is 6. The van der Waals surface area contributed by atoms with E-state index in [1.165, 1.54) is 0 Å². The van der Waals surface area contributed by atoms with Crippen LogP contribution in [0, 0.1) is 0 Å². The van der Waals surface area contributed by atoms with Gasteiger partial charge < -0.3 is 14.4 Å². The van der Waals surface area contributed by atoms with Crippen LogP contribution in [-0.2, 0) is 4.74 Å². The smallest absolute Gasteiger partial charge is 0.160 e. The number of amidine groups is 1. The van der Waals surface area contributed by atoms with Gasteiger partial charge in [-0.3, -0.25) is 15.4 Å². The van der Waals surface area contributed by atoms with Crippen molar-refractivity contribution in [2.24, 2.45) is 4.99 Å². The van der Waals surface area contributed by atoms with E-state index in [9.17, 15) is 5.11 Å². The van der Waals surface area contributed by atoms with Crippen LogP contribution in [0.15, 0.2) is 17.5 Å². The zero-order chi connectivity index (χ0) is 16.8. The molecule has 8 heteroatoms. The second-order valence-electron chi connectivity index (χ2n) is 6.56. The molecule has 1 fully saturated rings. The van der Waals surface area contributed by atoms with Crippen molar-refractivity contribution in [1.29, 1.82) is 0 Å². The van der Waals surface area contributed by atoms with E-state index in [1.807, 2.05) is 36.7 Å². The van der Waals surface area contributed by atoms with Crippen LogP contribution in [0.5, 0.6) is 0 Å². The molecule has 2 aromatic heterocycles. The molecule has 4 heterocycles. The van der Waals surface area contributed by atoms with E-state index in [2.05, 4.69) is 15.4 Å². The molecular formula is C16H22N6O2. The lowest BCUT2D eigenvalue weighted by molar-refractivity contribution is -0.0204. The summed E-state index contributed by atoms with van der Waals surface area (Å²) >= 11 is 0. The SMILES string of the molecule is CC(C)N=C1NN(C)c2ncnc3c2c1cn3C1CCC(CO)O1. The van der Waals surface area contributed by atoms with Crippen LogP contribution in [0.4, 0.5) is 5.82 Å². The molecule has 2 aromatic rings. The first-order valence-corrected chi connectivity index (χ1v) is 8.29. The van der Waals surface area contributed by atoms with Gasteiger partial charge >= 0.3 is 0 Å². The number of aliphatic imine (C=N–C) groups is 1. The summed E-state index contributed by atoms with van der Waals surface area (Å²) in [6.07, 6.45) is 5.08. The molecule has 2 aliphatic heterocycles. The monoisotopic (exact) mass is 330 g/mol. The van der Waals surface area contributed by atoms with Gasteiger partial charge in [-0.05, 0) is 26.7 Å². The minimum Gasteiger partial charge on any atom is -0.394 e. The van der Waals surface area contributed by atoms with E-state index >= 15 is 0 Å². The third-order valence-corrected chi connectivity index (χ3v) is 4.42. The number of rotatable bonds is 3. The maximum Gasteiger partial charge on any atom is 0.160 e. The molecular weight excluding hydrogens is 308 g/mol. The molecule has 2 unspecified atom stereocenters. The number of ether oxygens (including phenoxy) is 1. The van der Waals surface area contributed by atoms with Gasteiger partial charge in [0.05, 0.1) is 18.1 Å². The normalized spacial score (nSPS) is 25.0. The molecule has 0 aromatic carbocycles.